The van der Waals surface area contributed by atoms with Crippen molar-refractivity contribution in [3.8, 4) is 5.75 Å². The second-order valence-electron chi connectivity index (χ2n) is 8.08. The molecule has 35 heavy (non-hydrogen) atoms. The lowest BCUT2D eigenvalue weighted by molar-refractivity contribution is -0.274. The predicted octanol–water partition coefficient (Wildman–Crippen LogP) is 4.50. The van der Waals surface area contributed by atoms with Gasteiger partial charge in [0.05, 0.1) is 0 Å². The van der Waals surface area contributed by atoms with Gasteiger partial charge in [0.1, 0.15) is 11.6 Å². The van der Waals surface area contributed by atoms with Gasteiger partial charge in [0.2, 0.25) is 0 Å². The van der Waals surface area contributed by atoms with Crippen LogP contribution in [0.1, 0.15) is 30.3 Å². The van der Waals surface area contributed by atoms with Crippen molar-refractivity contribution in [3.05, 3.63) is 91.3 Å². The number of halogens is 4. The van der Waals surface area contributed by atoms with Crippen molar-refractivity contribution in [2.24, 2.45) is 7.05 Å². The molecule has 0 atom stereocenters. The standard InChI is InChI=1S/C24H22ClF3N4O3/c1-3-11-31-22(33)20-21(30(2)23(31)34)29-19(32(20)14-15-7-9-17(25)10-8-15)13-16-5-4-6-18(12-16)35-24(26,27)28/h4-10,12H,3,11,13-14H2,1-2H3. The summed E-state index contributed by atoms with van der Waals surface area (Å²) in [5.74, 6) is 0.0634. The fraction of sp³-hybridized carbons (Fsp3) is 0.292. The van der Waals surface area contributed by atoms with Gasteiger partial charge >= 0.3 is 12.1 Å². The van der Waals surface area contributed by atoms with E-state index in [2.05, 4.69) is 9.72 Å². The van der Waals surface area contributed by atoms with Crippen molar-refractivity contribution in [3.63, 3.8) is 0 Å². The zero-order valence-corrected chi connectivity index (χ0v) is 19.7. The third-order valence-electron chi connectivity index (χ3n) is 5.51. The van der Waals surface area contributed by atoms with Gasteiger partial charge in [0, 0.05) is 31.6 Å². The van der Waals surface area contributed by atoms with Crippen LogP contribution in [0, 0.1) is 0 Å². The van der Waals surface area contributed by atoms with Gasteiger partial charge in [-0.2, -0.15) is 0 Å². The lowest BCUT2D eigenvalue weighted by Gasteiger charge is -2.12. The van der Waals surface area contributed by atoms with Crippen LogP contribution in [-0.2, 0) is 26.6 Å². The van der Waals surface area contributed by atoms with Crippen molar-refractivity contribution < 1.29 is 17.9 Å². The molecule has 0 saturated carbocycles. The maximum Gasteiger partial charge on any atom is 0.573 e. The number of rotatable bonds is 7. The summed E-state index contributed by atoms with van der Waals surface area (Å²) in [5, 5.41) is 0.554. The molecule has 2 heterocycles. The van der Waals surface area contributed by atoms with Crippen LogP contribution in [0.3, 0.4) is 0 Å². The van der Waals surface area contributed by atoms with Gasteiger partial charge in [0.25, 0.3) is 5.56 Å². The first-order chi connectivity index (χ1) is 16.6. The zero-order chi connectivity index (χ0) is 25.3. The van der Waals surface area contributed by atoms with Crippen molar-refractivity contribution >= 4 is 22.8 Å². The molecule has 0 N–H and O–H groups in total. The molecule has 2 aromatic heterocycles. The summed E-state index contributed by atoms with van der Waals surface area (Å²) in [5.41, 5.74) is 0.837. The Morgan fingerprint density at radius 2 is 1.74 bits per heavy atom. The maximum absolute atomic E-state index is 13.4. The first-order valence-corrected chi connectivity index (χ1v) is 11.2. The van der Waals surface area contributed by atoms with Crippen LogP contribution in [0.25, 0.3) is 11.2 Å². The highest BCUT2D eigenvalue weighted by Gasteiger charge is 2.31. The van der Waals surface area contributed by atoms with E-state index in [1.54, 1.807) is 22.8 Å². The summed E-state index contributed by atoms with van der Waals surface area (Å²) in [4.78, 5) is 30.7. The van der Waals surface area contributed by atoms with Gasteiger partial charge in [-0.1, -0.05) is 42.8 Å². The molecule has 0 amide bonds. The number of aryl methyl sites for hydroxylation is 1. The van der Waals surface area contributed by atoms with Crippen LogP contribution >= 0.6 is 11.6 Å². The van der Waals surface area contributed by atoms with Crippen LogP contribution in [-0.4, -0.2) is 25.0 Å². The third-order valence-corrected chi connectivity index (χ3v) is 5.76. The number of imidazole rings is 1. The Morgan fingerprint density at radius 1 is 1.03 bits per heavy atom. The summed E-state index contributed by atoms with van der Waals surface area (Å²) in [7, 11) is 1.54. The Balaban J connectivity index is 1.88. The molecule has 0 spiro atoms. The van der Waals surface area contributed by atoms with E-state index in [9.17, 15) is 22.8 Å². The first kappa shape index (κ1) is 24.6. The second kappa shape index (κ2) is 9.61. The van der Waals surface area contributed by atoms with Gasteiger partial charge in [-0.15, -0.1) is 13.2 Å². The topological polar surface area (TPSA) is 71.1 Å². The van der Waals surface area contributed by atoms with Crippen LogP contribution in [0.15, 0.2) is 58.1 Å². The highest BCUT2D eigenvalue weighted by Crippen LogP contribution is 2.25. The van der Waals surface area contributed by atoms with E-state index in [1.807, 2.05) is 19.1 Å². The van der Waals surface area contributed by atoms with Crippen molar-refractivity contribution in [2.45, 2.75) is 39.2 Å². The number of alkyl halides is 3. The third kappa shape index (κ3) is 5.27. The molecule has 184 valence electrons. The SMILES string of the molecule is CCCn1c(=O)c2c(nc(Cc3cccc(OC(F)(F)F)c3)n2Cc2ccc(Cl)cc2)n(C)c1=O. The second-order valence-corrected chi connectivity index (χ2v) is 8.52. The van der Waals surface area contributed by atoms with E-state index in [-0.39, 0.29) is 36.4 Å². The molecule has 0 aliphatic carbocycles. The molecule has 0 aliphatic rings. The summed E-state index contributed by atoms with van der Waals surface area (Å²) in [6, 6.07) is 12.6. The average molecular weight is 507 g/mol. The molecular weight excluding hydrogens is 485 g/mol. The number of hydrogen-bond donors (Lipinski definition) is 0. The normalized spacial score (nSPS) is 11.8. The Labute approximate surface area is 203 Å². The predicted molar refractivity (Wildman–Crippen MR) is 126 cm³/mol. The van der Waals surface area contributed by atoms with Gasteiger partial charge < -0.3 is 9.30 Å². The van der Waals surface area contributed by atoms with Gasteiger partial charge in [0.15, 0.2) is 11.2 Å². The summed E-state index contributed by atoms with van der Waals surface area (Å²) in [6.45, 7) is 2.36. The Kier molecular flexibility index (Phi) is 6.75. The van der Waals surface area contributed by atoms with E-state index in [1.165, 1.54) is 34.4 Å². The number of aromatic nitrogens is 4. The maximum atomic E-state index is 13.4. The van der Waals surface area contributed by atoms with E-state index in [4.69, 9.17) is 11.6 Å². The molecule has 0 fully saturated rings. The highest BCUT2D eigenvalue weighted by atomic mass is 35.5. The fourth-order valence-corrected chi connectivity index (χ4v) is 4.08. The molecule has 0 bridgehead atoms. The minimum Gasteiger partial charge on any atom is -0.406 e. The number of fused-ring (bicyclic) bond motifs is 1. The number of benzene rings is 2. The van der Waals surface area contributed by atoms with Gasteiger partial charge in [-0.3, -0.25) is 13.9 Å². The first-order valence-electron chi connectivity index (χ1n) is 10.9. The van der Waals surface area contributed by atoms with E-state index >= 15 is 0 Å². The van der Waals surface area contributed by atoms with Crippen molar-refractivity contribution in [1.29, 1.82) is 0 Å². The molecule has 0 radical (unpaired) electrons. The molecule has 11 heteroatoms. The van der Waals surface area contributed by atoms with E-state index < -0.39 is 17.6 Å². The smallest absolute Gasteiger partial charge is 0.406 e. The lowest BCUT2D eigenvalue weighted by Crippen LogP contribution is -2.39. The molecule has 0 aliphatic heterocycles. The monoisotopic (exact) mass is 506 g/mol. The summed E-state index contributed by atoms with van der Waals surface area (Å²) in [6.07, 6.45) is -4.12. The highest BCUT2D eigenvalue weighted by molar-refractivity contribution is 6.30. The molecular formula is C24H22ClF3N4O3. The van der Waals surface area contributed by atoms with E-state index in [0.29, 0.717) is 22.8 Å². The molecule has 7 nitrogen and oxygen atoms in total. The van der Waals surface area contributed by atoms with Crippen molar-refractivity contribution in [2.75, 3.05) is 0 Å². The zero-order valence-electron chi connectivity index (χ0n) is 19.0. The Hall–Kier alpha value is -3.53. The van der Waals surface area contributed by atoms with Crippen LogP contribution in [0.4, 0.5) is 13.2 Å². The lowest BCUT2D eigenvalue weighted by atomic mass is 10.1. The van der Waals surface area contributed by atoms with Gasteiger partial charge in [-0.25, -0.2) is 9.78 Å². The molecule has 0 unspecified atom stereocenters. The van der Waals surface area contributed by atoms with Crippen LogP contribution in [0.5, 0.6) is 5.75 Å². The van der Waals surface area contributed by atoms with Crippen LogP contribution in [0.2, 0.25) is 5.02 Å². The van der Waals surface area contributed by atoms with Gasteiger partial charge in [-0.05, 0) is 41.8 Å². The van der Waals surface area contributed by atoms with Crippen LogP contribution < -0.4 is 16.0 Å². The average Bonchev–Trinajstić information content (AvgIpc) is 3.14. The van der Waals surface area contributed by atoms with Crippen molar-refractivity contribution in [1.82, 2.24) is 18.7 Å². The number of nitrogens with zero attached hydrogens (tertiary/aromatic N) is 4. The molecule has 2 aromatic carbocycles. The minimum atomic E-state index is -4.82. The molecule has 0 saturated heterocycles. The summed E-state index contributed by atoms with van der Waals surface area (Å²) < 4.78 is 46.3. The summed E-state index contributed by atoms with van der Waals surface area (Å²) >= 11 is 6.00. The molecule has 4 aromatic rings. The minimum absolute atomic E-state index is 0.110. The largest absolute Gasteiger partial charge is 0.573 e. The Morgan fingerprint density at radius 3 is 2.40 bits per heavy atom. The quantitative estimate of drug-likeness (QED) is 0.370. The Bertz CT molecular complexity index is 1490. The number of ether oxygens (including phenoxy) is 1. The van der Waals surface area contributed by atoms with E-state index in [0.717, 1.165) is 5.56 Å². The molecule has 4 rings (SSSR count). The number of hydrogen-bond acceptors (Lipinski definition) is 4. The fourth-order valence-electron chi connectivity index (χ4n) is 3.95.